The molecule has 0 saturated carbocycles. The first kappa shape index (κ1) is 12.9. The molecule has 0 aliphatic carbocycles. The maximum atomic E-state index is 5.92. The third kappa shape index (κ3) is 3.14. The summed E-state index contributed by atoms with van der Waals surface area (Å²) in [6.45, 7) is 13.2. The van der Waals surface area contributed by atoms with Crippen LogP contribution >= 0.6 is 0 Å². The van der Waals surface area contributed by atoms with Crippen LogP contribution < -0.4 is 0 Å². The first-order valence-electron chi connectivity index (χ1n) is 5.27. The third-order valence-electron chi connectivity index (χ3n) is 2.25. The van der Waals surface area contributed by atoms with Crippen LogP contribution in [-0.4, -0.2) is 3.90 Å². The van der Waals surface area contributed by atoms with Crippen molar-refractivity contribution in [3.63, 3.8) is 0 Å². The second-order valence-corrected chi connectivity index (χ2v) is 7.46. The molecule has 0 radical (unpaired) electrons. The maximum absolute atomic E-state index is 5.92. The zero-order chi connectivity index (χ0) is 11.9. The molecular weight excluding hydrogens is 356 g/mol. The van der Waals surface area contributed by atoms with Crippen molar-refractivity contribution < 1.29 is 23.8 Å². The average Bonchev–Trinajstić information content (AvgIpc) is 2.47. The molecule has 0 spiro atoms. The van der Waals surface area contributed by atoms with E-state index < -0.39 is 0 Å². The first-order chi connectivity index (χ1) is 6.62. The molecule has 84 valence electrons. The van der Waals surface area contributed by atoms with E-state index in [1.165, 1.54) is 23.3 Å². The topological polar surface area (TPSA) is 13.1 Å². The summed E-state index contributed by atoms with van der Waals surface area (Å²) in [7, 11) is 0. The molecule has 0 aliphatic heterocycles. The molecule has 1 aromatic heterocycles. The van der Waals surface area contributed by atoms with Gasteiger partial charge in [-0.05, 0) is 0 Å². The Morgan fingerprint density at radius 2 is 1.60 bits per heavy atom. The Balaban J connectivity index is 3.01. The van der Waals surface area contributed by atoms with Crippen LogP contribution in [0.1, 0.15) is 53.1 Å². The number of hydrogen-bond donors (Lipinski definition) is 0. The number of furan rings is 1. The quantitative estimate of drug-likeness (QED) is 0.729. The molecule has 1 nitrogen and oxygen atoms in total. The van der Waals surface area contributed by atoms with Crippen molar-refractivity contribution in [3.05, 3.63) is 23.7 Å². The van der Waals surface area contributed by atoms with E-state index in [9.17, 15) is 0 Å². The van der Waals surface area contributed by atoms with E-state index in [2.05, 4.69) is 53.7 Å². The molecule has 1 heterocycles. The van der Waals surface area contributed by atoms with Crippen LogP contribution in [0.15, 0.2) is 16.5 Å². The van der Waals surface area contributed by atoms with Gasteiger partial charge in [0.15, 0.2) is 0 Å². The van der Waals surface area contributed by atoms with Gasteiger partial charge in [0.1, 0.15) is 0 Å². The average molecular weight is 376 g/mol. The molecule has 0 N–H and O–H groups in total. The summed E-state index contributed by atoms with van der Waals surface area (Å²) in [6.07, 6.45) is 0. The fourth-order valence-electron chi connectivity index (χ4n) is 1.23. The van der Waals surface area contributed by atoms with Crippen LogP contribution in [0.4, 0.5) is 0 Å². The SMILES string of the molecule is CC(C)(C)[C](=[W])c1ccc(C(C)(C)C)o1. The molecule has 0 amide bonds. The molecule has 0 aromatic carbocycles. The monoisotopic (exact) mass is 376 g/mol. The molecule has 0 fully saturated rings. The second kappa shape index (κ2) is 4.01. The van der Waals surface area contributed by atoms with Gasteiger partial charge in [-0.15, -0.1) is 0 Å². The second-order valence-electron chi connectivity index (χ2n) is 5.99. The van der Waals surface area contributed by atoms with Gasteiger partial charge in [-0.1, -0.05) is 0 Å². The fraction of sp³-hybridized carbons (Fsp3) is 0.615. The molecule has 2 heteroatoms. The standard InChI is InChI=1S/C13H20O.W/c1-12(2,3)9-10-7-8-11(14-10)13(4,5)6;/h7-8H,1-6H3;. The Kier molecular flexibility index (Phi) is 3.45. The summed E-state index contributed by atoms with van der Waals surface area (Å²) < 4.78 is 7.31. The van der Waals surface area contributed by atoms with E-state index in [4.69, 9.17) is 4.42 Å². The molecule has 0 atom stereocenters. The van der Waals surface area contributed by atoms with E-state index in [1.54, 1.807) is 0 Å². The summed E-state index contributed by atoms with van der Waals surface area (Å²) in [6, 6.07) is 4.21. The van der Waals surface area contributed by atoms with Crippen LogP contribution in [-0.2, 0) is 24.8 Å². The van der Waals surface area contributed by atoms with Gasteiger partial charge in [0.25, 0.3) is 0 Å². The predicted molar refractivity (Wildman–Crippen MR) is 61.0 cm³/mol. The van der Waals surface area contributed by atoms with Gasteiger partial charge < -0.3 is 0 Å². The van der Waals surface area contributed by atoms with Gasteiger partial charge in [-0.2, -0.15) is 0 Å². The summed E-state index contributed by atoms with van der Waals surface area (Å²) >= 11 is 1.49. The van der Waals surface area contributed by atoms with Crippen LogP contribution in [0.2, 0.25) is 0 Å². The van der Waals surface area contributed by atoms with Crippen LogP contribution in [0.3, 0.4) is 0 Å². The van der Waals surface area contributed by atoms with Crippen molar-refractivity contribution in [2.24, 2.45) is 5.41 Å². The Morgan fingerprint density at radius 3 is 1.93 bits per heavy atom. The van der Waals surface area contributed by atoms with Crippen LogP contribution in [0.25, 0.3) is 0 Å². The minimum absolute atomic E-state index is 0.103. The van der Waals surface area contributed by atoms with Crippen LogP contribution in [0.5, 0.6) is 0 Å². The van der Waals surface area contributed by atoms with E-state index in [1.807, 2.05) is 0 Å². The zero-order valence-corrected chi connectivity index (χ0v) is 13.4. The predicted octanol–water partition coefficient (Wildman–Crippen LogP) is 3.69. The van der Waals surface area contributed by atoms with Gasteiger partial charge in [-0.3, -0.25) is 0 Å². The van der Waals surface area contributed by atoms with Crippen molar-refractivity contribution >= 4 is 3.90 Å². The van der Waals surface area contributed by atoms with Gasteiger partial charge in [-0.25, -0.2) is 0 Å². The summed E-state index contributed by atoms with van der Waals surface area (Å²) in [5.74, 6) is 2.13. The van der Waals surface area contributed by atoms with Crippen molar-refractivity contribution in [3.8, 4) is 0 Å². The first-order valence-corrected chi connectivity index (χ1v) is 6.74. The zero-order valence-electron chi connectivity index (χ0n) is 10.5. The normalized spacial score (nSPS) is 12.9. The van der Waals surface area contributed by atoms with Crippen molar-refractivity contribution in [1.29, 1.82) is 0 Å². The van der Waals surface area contributed by atoms with Crippen molar-refractivity contribution in [2.75, 3.05) is 0 Å². The molecule has 0 saturated heterocycles. The third-order valence-corrected chi connectivity index (χ3v) is 5.17. The number of rotatable bonds is 1. The minimum atomic E-state index is 0.103. The summed E-state index contributed by atoms with van der Waals surface area (Å²) in [5.41, 5.74) is 0.314. The van der Waals surface area contributed by atoms with E-state index >= 15 is 0 Å². The summed E-state index contributed by atoms with van der Waals surface area (Å²) in [4.78, 5) is 0. The van der Waals surface area contributed by atoms with Crippen LogP contribution in [0, 0.1) is 5.41 Å². The van der Waals surface area contributed by atoms with E-state index in [-0.39, 0.29) is 10.8 Å². The summed E-state index contributed by atoms with van der Waals surface area (Å²) in [5, 5.41) is 0. The van der Waals surface area contributed by atoms with E-state index in [0.29, 0.717) is 0 Å². The fourth-order valence-corrected chi connectivity index (χ4v) is 1.63. The number of hydrogen-bond acceptors (Lipinski definition) is 1. The van der Waals surface area contributed by atoms with Gasteiger partial charge in [0.2, 0.25) is 0 Å². The molecule has 0 aliphatic rings. The van der Waals surface area contributed by atoms with Crippen molar-refractivity contribution in [1.82, 2.24) is 0 Å². The van der Waals surface area contributed by atoms with Gasteiger partial charge in [0, 0.05) is 0 Å². The Hall–Kier alpha value is -0.162. The Labute approximate surface area is 104 Å². The molecule has 0 bridgehead atoms. The van der Waals surface area contributed by atoms with E-state index in [0.717, 1.165) is 11.5 Å². The van der Waals surface area contributed by atoms with Crippen molar-refractivity contribution in [2.45, 2.75) is 47.0 Å². The van der Waals surface area contributed by atoms with Gasteiger partial charge >= 0.3 is 104 Å². The van der Waals surface area contributed by atoms with Gasteiger partial charge in [0.05, 0.1) is 0 Å². The molecule has 0 unspecified atom stereocenters. The Bertz CT molecular complexity index is 361. The molecule has 1 aromatic rings. The Morgan fingerprint density at radius 1 is 1.07 bits per heavy atom. The molecule has 15 heavy (non-hydrogen) atoms. The molecular formula is C13H20OW. The molecule has 1 rings (SSSR count).